The second-order valence-corrected chi connectivity index (χ2v) is 8.61. The van der Waals surface area contributed by atoms with Gasteiger partial charge in [0.2, 0.25) is 5.91 Å². The molecule has 0 radical (unpaired) electrons. The molecule has 1 unspecified atom stereocenters. The number of carbonyl (C=O) groups is 2. The molecule has 1 fully saturated rings. The van der Waals surface area contributed by atoms with Crippen molar-refractivity contribution in [3.8, 4) is 11.5 Å². The number of benzene rings is 1. The molecule has 0 aliphatic heterocycles. The summed E-state index contributed by atoms with van der Waals surface area (Å²) < 4.78 is 11.6. The molecule has 30 heavy (non-hydrogen) atoms. The third-order valence-corrected chi connectivity index (χ3v) is 5.76. The van der Waals surface area contributed by atoms with Crippen LogP contribution >= 0.6 is 11.3 Å². The standard InChI is InChI=1S/C23H30N2O4S/c1-4-12-28-18-9-8-17(14-19(18)29-13-5-2)15(3)24-23(27)20-10-11-21(30-20)25-22(26)16-6-7-16/h8-11,14-16H,4-7,12-13H2,1-3H3,(H,24,27)(H,25,26). The Bertz CT molecular complexity index is 876. The maximum Gasteiger partial charge on any atom is 0.261 e. The summed E-state index contributed by atoms with van der Waals surface area (Å²) in [5, 5.41) is 6.61. The van der Waals surface area contributed by atoms with Gasteiger partial charge in [0.15, 0.2) is 11.5 Å². The summed E-state index contributed by atoms with van der Waals surface area (Å²) in [6.45, 7) is 7.30. The van der Waals surface area contributed by atoms with Gasteiger partial charge in [0, 0.05) is 5.92 Å². The molecular formula is C23H30N2O4S. The van der Waals surface area contributed by atoms with E-state index >= 15 is 0 Å². The molecule has 3 rings (SSSR count). The van der Waals surface area contributed by atoms with Crippen molar-refractivity contribution in [2.45, 2.75) is 52.5 Å². The Labute approximate surface area is 182 Å². The summed E-state index contributed by atoms with van der Waals surface area (Å²) in [4.78, 5) is 25.1. The van der Waals surface area contributed by atoms with Crippen molar-refractivity contribution < 1.29 is 19.1 Å². The summed E-state index contributed by atoms with van der Waals surface area (Å²) in [7, 11) is 0. The first kappa shape index (κ1) is 22.2. The van der Waals surface area contributed by atoms with E-state index in [2.05, 4.69) is 24.5 Å². The van der Waals surface area contributed by atoms with Crippen LogP contribution in [-0.4, -0.2) is 25.0 Å². The Morgan fingerprint density at radius 3 is 2.43 bits per heavy atom. The lowest BCUT2D eigenvalue weighted by atomic mass is 10.1. The van der Waals surface area contributed by atoms with Crippen LogP contribution in [0.15, 0.2) is 30.3 Å². The van der Waals surface area contributed by atoms with Crippen molar-refractivity contribution in [2.24, 2.45) is 5.92 Å². The van der Waals surface area contributed by atoms with Gasteiger partial charge >= 0.3 is 0 Å². The third kappa shape index (κ3) is 5.98. The number of anilines is 1. The largest absolute Gasteiger partial charge is 0.490 e. The lowest BCUT2D eigenvalue weighted by molar-refractivity contribution is -0.117. The first-order chi connectivity index (χ1) is 14.5. The fraction of sp³-hybridized carbons (Fsp3) is 0.478. The average molecular weight is 431 g/mol. The lowest BCUT2D eigenvalue weighted by Gasteiger charge is -2.17. The predicted molar refractivity (Wildman–Crippen MR) is 120 cm³/mol. The maximum absolute atomic E-state index is 12.7. The van der Waals surface area contributed by atoms with Crippen molar-refractivity contribution in [1.82, 2.24) is 5.32 Å². The number of nitrogens with one attached hydrogen (secondary N) is 2. The van der Waals surface area contributed by atoms with Crippen molar-refractivity contribution in [3.63, 3.8) is 0 Å². The van der Waals surface area contributed by atoms with Gasteiger partial charge in [-0.1, -0.05) is 19.9 Å². The fourth-order valence-corrected chi connectivity index (χ4v) is 3.71. The van der Waals surface area contributed by atoms with Gasteiger partial charge < -0.3 is 20.1 Å². The highest BCUT2D eigenvalue weighted by Gasteiger charge is 2.30. The number of amides is 2. The maximum atomic E-state index is 12.7. The van der Waals surface area contributed by atoms with Crippen LogP contribution in [0.4, 0.5) is 5.00 Å². The first-order valence-corrected chi connectivity index (χ1v) is 11.4. The summed E-state index contributed by atoms with van der Waals surface area (Å²) in [5.74, 6) is 1.44. The van der Waals surface area contributed by atoms with E-state index in [9.17, 15) is 9.59 Å². The van der Waals surface area contributed by atoms with Crippen LogP contribution in [0.2, 0.25) is 0 Å². The third-order valence-electron chi connectivity index (χ3n) is 4.76. The van der Waals surface area contributed by atoms with E-state index in [4.69, 9.17) is 9.47 Å². The van der Waals surface area contributed by atoms with E-state index in [-0.39, 0.29) is 23.8 Å². The molecule has 1 heterocycles. The minimum atomic E-state index is -0.201. The zero-order valence-electron chi connectivity index (χ0n) is 17.8. The average Bonchev–Trinajstić information content (AvgIpc) is 3.50. The van der Waals surface area contributed by atoms with Gasteiger partial charge in [-0.05, 0) is 62.4 Å². The molecule has 0 saturated heterocycles. The molecule has 6 nitrogen and oxygen atoms in total. The first-order valence-electron chi connectivity index (χ1n) is 10.6. The van der Waals surface area contributed by atoms with Crippen LogP contribution in [0.1, 0.15) is 67.7 Å². The molecule has 162 valence electrons. The van der Waals surface area contributed by atoms with Gasteiger partial charge in [-0.3, -0.25) is 9.59 Å². The van der Waals surface area contributed by atoms with E-state index in [0.717, 1.165) is 37.0 Å². The zero-order chi connectivity index (χ0) is 21.5. The molecule has 0 bridgehead atoms. The van der Waals surface area contributed by atoms with Crippen LogP contribution < -0.4 is 20.1 Å². The number of thiophene rings is 1. The smallest absolute Gasteiger partial charge is 0.261 e. The summed E-state index contributed by atoms with van der Waals surface area (Å²) >= 11 is 1.29. The number of carbonyl (C=O) groups excluding carboxylic acids is 2. The van der Waals surface area contributed by atoms with Crippen LogP contribution in [0.3, 0.4) is 0 Å². The fourth-order valence-electron chi connectivity index (χ4n) is 2.90. The minimum Gasteiger partial charge on any atom is -0.490 e. The summed E-state index contributed by atoms with van der Waals surface area (Å²) in [5.41, 5.74) is 0.942. The number of ether oxygens (including phenoxy) is 2. The highest BCUT2D eigenvalue weighted by atomic mass is 32.1. The topological polar surface area (TPSA) is 76.7 Å². The van der Waals surface area contributed by atoms with Crippen LogP contribution in [0, 0.1) is 5.92 Å². The molecule has 1 atom stereocenters. The molecule has 2 aromatic rings. The zero-order valence-corrected chi connectivity index (χ0v) is 18.6. The van der Waals surface area contributed by atoms with Crippen LogP contribution in [-0.2, 0) is 4.79 Å². The van der Waals surface area contributed by atoms with E-state index < -0.39 is 0 Å². The van der Waals surface area contributed by atoms with Crippen molar-refractivity contribution in [2.75, 3.05) is 18.5 Å². The van der Waals surface area contributed by atoms with E-state index in [1.165, 1.54) is 11.3 Å². The molecule has 1 saturated carbocycles. The Hall–Kier alpha value is -2.54. The minimum absolute atomic E-state index is 0.0437. The van der Waals surface area contributed by atoms with Gasteiger partial charge in [0.05, 0.1) is 29.1 Å². The van der Waals surface area contributed by atoms with Gasteiger partial charge in [-0.15, -0.1) is 11.3 Å². The van der Waals surface area contributed by atoms with Crippen molar-refractivity contribution >= 4 is 28.2 Å². The van der Waals surface area contributed by atoms with Crippen molar-refractivity contribution in [1.29, 1.82) is 0 Å². The summed E-state index contributed by atoms with van der Waals surface area (Å²) in [6.07, 6.45) is 3.73. The molecule has 1 aromatic heterocycles. The van der Waals surface area contributed by atoms with E-state index in [1.54, 1.807) is 12.1 Å². The quantitative estimate of drug-likeness (QED) is 0.516. The molecule has 2 N–H and O–H groups in total. The predicted octanol–water partition coefficient (Wildman–Crippen LogP) is 5.17. The van der Waals surface area contributed by atoms with Gasteiger partial charge in [-0.2, -0.15) is 0 Å². The van der Waals surface area contributed by atoms with Gasteiger partial charge in [0.1, 0.15) is 0 Å². The molecule has 0 spiro atoms. The number of hydrogen-bond acceptors (Lipinski definition) is 5. The van der Waals surface area contributed by atoms with E-state index in [1.807, 2.05) is 25.1 Å². The molecular weight excluding hydrogens is 400 g/mol. The molecule has 7 heteroatoms. The van der Waals surface area contributed by atoms with Crippen LogP contribution in [0.5, 0.6) is 11.5 Å². The normalized spacial score (nSPS) is 14.1. The Morgan fingerprint density at radius 2 is 1.77 bits per heavy atom. The number of rotatable bonds is 11. The second kappa shape index (κ2) is 10.5. The molecule has 2 amide bonds. The van der Waals surface area contributed by atoms with Gasteiger partial charge in [0.25, 0.3) is 5.91 Å². The molecule has 1 aliphatic carbocycles. The molecule has 1 aromatic carbocycles. The SMILES string of the molecule is CCCOc1ccc(C(C)NC(=O)c2ccc(NC(=O)C3CC3)s2)cc1OCCC. The second-order valence-electron chi connectivity index (χ2n) is 7.53. The lowest BCUT2D eigenvalue weighted by Crippen LogP contribution is -2.25. The van der Waals surface area contributed by atoms with Crippen molar-refractivity contribution in [3.05, 3.63) is 40.8 Å². The molecule has 1 aliphatic rings. The number of hydrogen-bond donors (Lipinski definition) is 2. The Balaban J connectivity index is 1.63. The monoisotopic (exact) mass is 430 g/mol. The van der Waals surface area contributed by atoms with E-state index in [0.29, 0.717) is 28.8 Å². The Kier molecular flexibility index (Phi) is 7.74. The highest BCUT2D eigenvalue weighted by molar-refractivity contribution is 7.18. The highest BCUT2D eigenvalue weighted by Crippen LogP contribution is 2.33. The Morgan fingerprint density at radius 1 is 1.07 bits per heavy atom. The van der Waals surface area contributed by atoms with Gasteiger partial charge in [-0.25, -0.2) is 0 Å². The van der Waals surface area contributed by atoms with Crippen LogP contribution in [0.25, 0.3) is 0 Å². The summed E-state index contributed by atoms with van der Waals surface area (Å²) in [6, 6.07) is 9.10.